The van der Waals surface area contributed by atoms with Gasteiger partial charge in [-0.05, 0) is 42.9 Å². The van der Waals surface area contributed by atoms with Crippen molar-refractivity contribution in [1.29, 1.82) is 5.26 Å². The highest BCUT2D eigenvalue weighted by Crippen LogP contribution is 2.47. The third kappa shape index (κ3) is 2.71. The molecule has 2 nitrogen and oxygen atoms in total. The predicted molar refractivity (Wildman–Crippen MR) is 76.7 cm³/mol. The Bertz CT molecular complexity index is 473. The molecule has 1 heterocycles. The standard InChI is InChI=1S/C17H22FNO/c1-3-17(4-2)16(13-5-7-15(18)8-6-13)14(9-11-19)10-12-20-17/h5-8,14,16H,3-4,9-10,12H2,1-2H3. The van der Waals surface area contributed by atoms with Crippen LogP contribution in [0.4, 0.5) is 4.39 Å². The molecule has 2 rings (SSSR count). The number of benzene rings is 1. The summed E-state index contributed by atoms with van der Waals surface area (Å²) in [6, 6.07) is 9.00. The lowest BCUT2D eigenvalue weighted by atomic mass is 9.67. The van der Waals surface area contributed by atoms with Gasteiger partial charge in [0.1, 0.15) is 5.82 Å². The van der Waals surface area contributed by atoms with Crippen molar-refractivity contribution in [2.24, 2.45) is 5.92 Å². The summed E-state index contributed by atoms with van der Waals surface area (Å²) in [5.74, 6) is 0.242. The number of halogens is 1. The van der Waals surface area contributed by atoms with Crippen LogP contribution in [0.3, 0.4) is 0 Å². The lowest BCUT2D eigenvalue weighted by Gasteiger charge is -2.47. The minimum atomic E-state index is -0.225. The van der Waals surface area contributed by atoms with E-state index in [0.717, 1.165) is 24.8 Å². The van der Waals surface area contributed by atoms with Gasteiger partial charge in [0.2, 0.25) is 0 Å². The fraction of sp³-hybridized carbons (Fsp3) is 0.588. The molecule has 1 aromatic carbocycles. The molecule has 2 atom stereocenters. The zero-order valence-corrected chi connectivity index (χ0v) is 12.2. The molecule has 0 aliphatic carbocycles. The summed E-state index contributed by atoms with van der Waals surface area (Å²) in [5.41, 5.74) is 0.868. The summed E-state index contributed by atoms with van der Waals surface area (Å²) in [6.45, 7) is 4.98. The van der Waals surface area contributed by atoms with Crippen LogP contribution in [0.15, 0.2) is 24.3 Å². The molecule has 1 aliphatic heterocycles. The molecular weight excluding hydrogens is 253 g/mol. The van der Waals surface area contributed by atoms with Gasteiger partial charge in [0.05, 0.1) is 11.7 Å². The SMILES string of the molecule is CCC1(CC)OCCC(CC#N)C1c1ccc(F)cc1. The van der Waals surface area contributed by atoms with E-state index in [-0.39, 0.29) is 17.3 Å². The molecule has 2 unspecified atom stereocenters. The third-order valence-electron chi connectivity index (χ3n) is 4.70. The first-order chi connectivity index (χ1) is 9.66. The predicted octanol–water partition coefficient (Wildman–Crippen LogP) is 4.42. The summed E-state index contributed by atoms with van der Waals surface area (Å²) in [4.78, 5) is 0. The molecule has 0 radical (unpaired) electrons. The van der Waals surface area contributed by atoms with Crippen molar-refractivity contribution in [1.82, 2.24) is 0 Å². The van der Waals surface area contributed by atoms with Gasteiger partial charge in [0.15, 0.2) is 0 Å². The maximum atomic E-state index is 13.2. The summed E-state index contributed by atoms with van der Waals surface area (Å²) in [6.07, 6.45) is 3.26. The second-order valence-corrected chi connectivity index (χ2v) is 5.56. The van der Waals surface area contributed by atoms with E-state index < -0.39 is 0 Å². The maximum absolute atomic E-state index is 13.2. The Hall–Kier alpha value is -1.40. The molecule has 108 valence electrons. The van der Waals surface area contributed by atoms with Crippen molar-refractivity contribution in [3.05, 3.63) is 35.6 Å². The fourth-order valence-electron chi connectivity index (χ4n) is 3.58. The van der Waals surface area contributed by atoms with Crippen LogP contribution in [0.5, 0.6) is 0 Å². The molecule has 0 amide bonds. The summed E-state index contributed by atoms with van der Waals surface area (Å²) in [7, 11) is 0. The van der Waals surface area contributed by atoms with E-state index in [9.17, 15) is 4.39 Å². The maximum Gasteiger partial charge on any atom is 0.123 e. The summed E-state index contributed by atoms with van der Waals surface area (Å²) >= 11 is 0. The number of hydrogen-bond acceptors (Lipinski definition) is 2. The Kier molecular flexibility index (Phi) is 4.77. The monoisotopic (exact) mass is 275 g/mol. The van der Waals surface area contributed by atoms with E-state index in [0.29, 0.717) is 18.9 Å². The molecule has 20 heavy (non-hydrogen) atoms. The Balaban J connectivity index is 2.42. The van der Waals surface area contributed by atoms with Gasteiger partial charge in [-0.25, -0.2) is 4.39 Å². The van der Waals surface area contributed by atoms with Crippen LogP contribution in [-0.4, -0.2) is 12.2 Å². The van der Waals surface area contributed by atoms with Crippen LogP contribution in [0, 0.1) is 23.1 Å². The van der Waals surface area contributed by atoms with Crippen LogP contribution >= 0.6 is 0 Å². The molecule has 0 spiro atoms. The molecule has 3 heteroatoms. The zero-order chi connectivity index (χ0) is 14.6. The third-order valence-corrected chi connectivity index (χ3v) is 4.70. The minimum Gasteiger partial charge on any atom is -0.374 e. The molecule has 0 aromatic heterocycles. The second kappa shape index (κ2) is 6.37. The van der Waals surface area contributed by atoms with E-state index in [1.54, 1.807) is 0 Å². The summed E-state index contributed by atoms with van der Waals surface area (Å²) in [5, 5.41) is 9.09. The Morgan fingerprint density at radius 1 is 1.30 bits per heavy atom. The van der Waals surface area contributed by atoms with Gasteiger partial charge in [-0.3, -0.25) is 0 Å². The Morgan fingerprint density at radius 2 is 1.95 bits per heavy atom. The average Bonchev–Trinajstić information content (AvgIpc) is 2.48. The van der Waals surface area contributed by atoms with Gasteiger partial charge in [-0.2, -0.15) is 5.26 Å². The van der Waals surface area contributed by atoms with E-state index in [1.165, 1.54) is 12.1 Å². The van der Waals surface area contributed by atoms with Gasteiger partial charge in [-0.15, -0.1) is 0 Å². The second-order valence-electron chi connectivity index (χ2n) is 5.56. The van der Waals surface area contributed by atoms with E-state index in [2.05, 4.69) is 19.9 Å². The molecule has 1 saturated heterocycles. The molecule has 0 bridgehead atoms. The molecule has 1 aromatic rings. The van der Waals surface area contributed by atoms with Gasteiger partial charge >= 0.3 is 0 Å². The van der Waals surface area contributed by atoms with Crippen LogP contribution in [0.25, 0.3) is 0 Å². The normalized spacial score (nSPS) is 25.1. The first-order valence-corrected chi connectivity index (χ1v) is 7.43. The van der Waals surface area contributed by atoms with Crippen molar-refractivity contribution in [3.63, 3.8) is 0 Å². The minimum absolute atomic E-state index is 0.173. The zero-order valence-electron chi connectivity index (χ0n) is 12.2. The highest BCUT2D eigenvalue weighted by molar-refractivity contribution is 5.26. The highest BCUT2D eigenvalue weighted by atomic mass is 19.1. The van der Waals surface area contributed by atoms with Crippen LogP contribution < -0.4 is 0 Å². The summed E-state index contributed by atoms with van der Waals surface area (Å²) < 4.78 is 19.3. The first kappa shape index (κ1) is 15.0. The number of nitriles is 1. The molecule has 0 N–H and O–H groups in total. The van der Waals surface area contributed by atoms with E-state index in [1.807, 2.05) is 12.1 Å². The van der Waals surface area contributed by atoms with Crippen LogP contribution in [0.1, 0.15) is 51.0 Å². The molecule has 0 saturated carbocycles. The number of hydrogen-bond donors (Lipinski definition) is 0. The van der Waals surface area contributed by atoms with Crippen molar-refractivity contribution >= 4 is 0 Å². The smallest absolute Gasteiger partial charge is 0.123 e. The topological polar surface area (TPSA) is 33.0 Å². The Labute approximate surface area is 120 Å². The fourth-order valence-corrected chi connectivity index (χ4v) is 3.58. The van der Waals surface area contributed by atoms with Gasteiger partial charge in [0.25, 0.3) is 0 Å². The van der Waals surface area contributed by atoms with Crippen molar-refractivity contribution in [2.75, 3.05) is 6.61 Å². The van der Waals surface area contributed by atoms with Gasteiger partial charge in [0, 0.05) is 18.9 Å². The quantitative estimate of drug-likeness (QED) is 0.815. The molecule has 1 fully saturated rings. The van der Waals surface area contributed by atoms with Gasteiger partial charge < -0.3 is 4.74 Å². The first-order valence-electron chi connectivity index (χ1n) is 7.43. The van der Waals surface area contributed by atoms with Crippen LogP contribution in [-0.2, 0) is 4.74 Å². The van der Waals surface area contributed by atoms with Gasteiger partial charge in [-0.1, -0.05) is 26.0 Å². The van der Waals surface area contributed by atoms with Crippen molar-refractivity contribution in [3.8, 4) is 6.07 Å². The lowest BCUT2D eigenvalue weighted by Crippen LogP contribution is -2.46. The van der Waals surface area contributed by atoms with E-state index >= 15 is 0 Å². The average molecular weight is 275 g/mol. The van der Waals surface area contributed by atoms with Crippen molar-refractivity contribution < 1.29 is 9.13 Å². The highest BCUT2D eigenvalue weighted by Gasteiger charge is 2.45. The molecular formula is C17H22FNO. The lowest BCUT2D eigenvalue weighted by molar-refractivity contribution is -0.119. The number of rotatable bonds is 4. The largest absolute Gasteiger partial charge is 0.374 e. The van der Waals surface area contributed by atoms with Crippen molar-refractivity contribution in [2.45, 2.75) is 51.0 Å². The molecule has 1 aliphatic rings. The van der Waals surface area contributed by atoms with Crippen LogP contribution in [0.2, 0.25) is 0 Å². The number of ether oxygens (including phenoxy) is 1. The Morgan fingerprint density at radius 3 is 2.50 bits per heavy atom. The number of nitrogens with zero attached hydrogens (tertiary/aromatic N) is 1. The van der Waals surface area contributed by atoms with E-state index in [4.69, 9.17) is 10.00 Å².